The second-order valence-electron chi connectivity index (χ2n) is 6.66. The van der Waals surface area contributed by atoms with Crippen LogP contribution < -0.4 is 9.64 Å². The fourth-order valence-corrected chi connectivity index (χ4v) is 3.28. The van der Waals surface area contributed by atoms with E-state index in [9.17, 15) is 4.79 Å². The largest absolute Gasteiger partial charge is 0.480 e. The molecule has 1 heterocycles. The highest BCUT2D eigenvalue weighted by Gasteiger charge is 2.33. The second-order valence-corrected chi connectivity index (χ2v) is 6.66. The van der Waals surface area contributed by atoms with Gasteiger partial charge in [-0.2, -0.15) is 0 Å². The summed E-state index contributed by atoms with van der Waals surface area (Å²) in [4.78, 5) is 15.1. The molecule has 0 aliphatic carbocycles. The highest BCUT2D eigenvalue weighted by Crippen LogP contribution is 2.30. The van der Waals surface area contributed by atoms with Crippen molar-refractivity contribution in [1.29, 1.82) is 0 Å². The molecular formula is C23H21NO2. The van der Waals surface area contributed by atoms with Crippen molar-refractivity contribution in [3.8, 4) is 5.75 Å². The Morgan fingerprint density at radius 3 is 2.38 bits per heavy atom. The molecule has 26 heavy (non-hydrogen) atoms. The third-order valence-electron chi connectivity index (χ3n) is 4.72. The third kappa shape index (κ3) is 3.33. The first-order chi connectivity index (χ1) is 12.7. The van der Waals surface area contributed by atoms with Gasteiger partial charge in [0.05, 0.1) is 6.54 Å². The van der Waals surface area contributed by atoms with E-state index in [-0.39, 0.29) is 5.91 Å². The number of benzene rings is 3. The van der Waals surface area contributed by atoms with E-state index in [1.54, 1.807) is 0 Å². The number of ether oxygens (including phenoxy) is 1. The third-order valence-corrected chi connectivity index (χ3v) is 4.72. The van der Waals surface area contributed by atoms with Crippen LogP contribution in [0.2, 0.25) is 0 Å². The molecule has 3 aromatic carbocycles. The van der Waals surface area contributed by atoms with E-state index in [1.165, 1.54) is 5.56 Å². The summed E-state index contributed by atoms with van der Waals surface area (Å²) < 4.78 is 5.94. The normalized spacial score (nSPS) is 15.2. The molecule has 1 amide bonds. The van der Waals surface area contributed by atoms with Crippen LogP contribution >= 0.6 is 0 Å². The maximum absolute atomic E-state index is 13.3. The summed E-state index contributed by atoms with van der Waals surface area (Å²) in [5.41, 5.74) is 4.25. The van der Waals surface area contributed by atoms with Gasteiger partial charge in [-0.3, -0.25) is 4.79 Å². The second kappa shape index (κ2) is 7.04. The molecule has 0 fully saturated rings. The zero-order valence-corrected chi connectivity index (χ0v) is 14.8. The van der Waals surface area contributed by atoms with Crippen LogP contribution in [0.25, 0.3) is 0 Å². The summed E-state index contributed by atoms with van der Waals surface area (Å²) >= 11 is 0. The minimum atomic E-state index is -0.475. The Bertz CT molecular complexity index is 878. The maximum Gasteiger partial charge on any atom is 0.268 e. The standard InChI is InChI=1S/C23H21NO2/c1-17-11-13-20(14-12-17)24(16-18-7-3-2-4-8-18)23(25)22-15-19-9-5-6-10-21(19)26-22/h2-14,22H,15-16H2,1H3. The molecule has 130 valence electrons. The number of hydrogen-bond donors (Lipinski definition) is 0. The smallest absolute Gasteiger partial charge is 0.268 e. The number of amides is 1. The lowest BCUT2D eigenvalue weighted by Gasteiger charge is -2.26. The van der Waals surface area contributed by atoms with Crippen molar-refractivity contribution < 1.29 is 9.53 Å². The summed E-state index contributed by atoms with van der Waals surface area (Å²) in [6, 6.07) is 26.0. The van der Waals surface area contributed by atoms with Gasteiger partial charge in [0.2, 0.25) is 0 Å². The van der Waals surface area contributed by atoms with E-state index in [2.05, 4.69) is 0 Å². The van der Waals surface area contributed by atoms with E-state index < -0.39 is 6.10 Å². The number of rotatable bonds is 4. The van der Waals surface area contributed by atoms with E-state index >= 15 is 0 Å². The number of para-hydroxylation sites is 1. The lowest BCUT2D eigenvalue weighted by atomic mass is 10.1. The topological polar surface area (TPSA) is 29.5 Å². The molecule has 3 aromatic rings. The van der Waals surface area contributed by atoms with Crippen LogP contribution in [0.4, 0.5) is 5.69 Å². The van der Waals surface area contributed by atoms with E-state index in [4.69, 9.17) is 4.74 Å². The summed E-state index contributed by atoms with van der Waals surface area (Å²) in [7, 11) is 0. The van der Waals surface area contributed by atoms with E-state index in [1.807, 2.05) is 90.7 Å². The van der Waals surface area contributed by atoms with Gasteiger partial charge >= 0.3 is 0 Å². The van der Waals surface area contributed by atoms with Gasteiger partial charge in [0.1, 0.15) is 5.75 Å². The number of carbonyl (C=O) groups is 1. The zero-order chi connectivity index (χ0) is 17.9. The average Bonchev–Trinajstić information content (AvgIpc) is 3.11. The summed E-state index contributed by atoms with van der Waals surface area (Å²) in [6.07, 6.45) is 0.143. The molecule has 0 aromatic heterocycles. The van der Waals surface area contributed by atoms with Gasteiger partial charge < -0.3 is 9.64 Å². The van der Waals surface area contributed by atoms with E-state index in [0.29, 0.717) is 13.0 Å². The predicted molar refractivity (Wildman–Crippen MR) is 103 cm³/mol. The van der Waals surface area contributed by atoms with Crippen molar-refractivity contribution in [3.05, 3.63) is 95.6 Å². The average molecular weight is 343 g/mol. The zero-order valence-electron chi connectivity index (χ0n) is 14.8. The number of fused-ring (bicyclic) bond motifs is 1. The van der Waals surface area contributed by atoms with Gasteiger partial charge in [0, 0.05) is 12.1 Å². The molecule has 0 N–H and O–H groups in total. The van der Waals surface area contributed by atoms with Crippen LogP contribution in [-0.4, -0.2) is 12.0 Å². The van der Waals surface area contributed by atoms with Crippen molar-refractivity contribution in [1.82, 2.24) is 0 Å². The van der Waals surface area contributed by atoms with E-state index in [0.717, 1.165) is 22.6 Å². The van der Waals surface area contributed by atoms with Crippen molar-refractivity contribution in [2.45, 2.75) is 26.0 Å². The molecule has 1 aliphatic heterocycles. The van der Waals surface area contributed by atoms with Crippen molar-refractivity contribution >= 4 is 11.6 Å². The maximum atomic E-state index is 13.3. The Balaban J connectivity index is 1.62. The molecule has 0 saturated carbocycles. The Morgan fingerprint density at radius 2 is 1.65 bits per heavy atom. The predicted octanol–water partition coefficient (Wildman–Crippen LogP) is 4.53. The highest BCUT2D eigenvalue weighted by molar-refractivity contribution is 5.97. The van der Waals surface area contributed by atoms with Gasteiger partial charge in [0.25, 0.3) is 5.91 Å². The van der Waals surface area contributed by atoms with Crippen LogP contribution in [0.1, 0.15) is 16.7 Å². The van der Waals surface area contributed by atoms with Gasteiger partial charge in [-0.25, -0.2) is 0 Å². The summed E-state index contributed by atoms with van der Waals surface area (Å²) in [6.45, 7) is 2.57. The molecule has 0 spiro atoms. The first kappa shape index (κ1) is 16.4. The minimum Gasteiger partial charge on any atom is -0.480 e. The molecule has 1 aliphatic rings. The number of anilines is 1. The van der Waals surface area contributed by atoms with Crippen LogP contribution in [-0.2, 0) is 17.8 Å². The molecule has 3 nitrogen and oxygen atoms in total. The van der Waals surface area contributed by atoms with Crippen molar-refractivity contribution in [2.24, 2.45) is 0 Å². The molecule has 0 bridgehead atoms. The fourth-order valence-electron chi connectivity index (χ4n) is 3.28. The SMILES string of the molecule is Cc1ccc(N(Cc2ccccc2)C(=O)C2Cc3ccccc3O2)cc1. The van der Waals surface area contributed by atoms with Crippen LogP contribution in [0.5, 0.6) is 5.75 Å². The first-order valence-electron chi connectivity index (χ1n) is 8.87. The van der Waals surface area contributed by atoms with Gasteiger partial charge in [-0.15, -0.1) is 0 Å². The quantitative estimate of drug-likeness (QED) is 0.696. The monoisotopic (exact) mass is 343 g/mol. The lowest BCUT2D eigenvalue weighted by Crippen LogP contribution is -2.41. The molecule has 1 unspecified atom stereocenters. The number of nitrogens with zero attached hydrogens (tertiary/aromatic N) is 1. The Morgan fingerprint density at radius 1 is 0.962 bits per heavy atom. The number of carbonyl (C=O) groups excluding carboxylic acids is 1. The first-order valence-corrected chi connectivity index (χ1v) is 8.87. The molecular weight excluding hydrogens is 322 g/mol. The van der Waals surface area contributed by atoms with Crippen molar-refractivity contribution in [3.63, 3.8) is 0 Å². The highest BCUT2D eigenvalue weighted by atomic mass is 16.5. The summed E-state index contributed by atoms with van der Waals surface area (Å²) in [5, 5.41) is 0. The van der Waals surface area contributed by atoms with Gasteiger partial charge in [-0.1, -0.05) is 66.2 Å². The Hall–Kier alpha value is -3.07. The molecule has 1 atom stereocenters. The van der Waals surface area contributed by atoms with Crippen LogP contribution in [0, 0.1) is 6.92 Å². The minimum absolute atomic E-state index is 0.00564. The summed E-state index contributed by atoms with van der Waals surface area (Å²) in [5.74, 6) is 0.809. The molecule has 0 saturated heterocycles. The Labute approximate surface area is 153 Å². The molecule has 0 radical (unpaired) electrons. The fraction of sp³-hybridized carbons (Fsp3) is 0.174. The molecule has 3 heteroatoms. The van der Waals surface area contributed by atoms with Gasteiger partial charge in [-0.05, 0) is 36.2 Å². The lowest BCUT2D eigenvalue weighted by molar-refractivity contribution is -0.124. The number of hydrogen-bond acceptors (Lipinski definition) is 2. The molecule has 4 rings (SSSR count). The van der Waals surface area contributed by atoms with Gasteiger partial charge in [0.15, 0.2) is 6.10 Å². The number of aryl methyl sites for hydroxylation is 1. The van der Waals surface area contributed by atoms with Crippen LogP contribution in [0.3, 0.4) is 0 Å². The van der Waals surface area contributed by atoms with Crippen molar-refractivity contribution in [2.75, 3.05) is 4.90 Å². The Kier molecular flexibility index (Phi) is 4.44. The van der Waals surface area contributed by atoms with Crippen LogP contribution in [0.15, 0.2) is 78.9 Å².